The molecule has 1 aromatic carbocycles. The standard InChI is InChI=1S/C18H21N3O2.C2H2O4/c1-23-17-7-5-15(6-8-17)18(22)21-12-10-20(11-13-21)14-16-4-2-3-9-19-16;3-1(4)2(5)6/h2-9H,10-14H2,1H3;(H,3,4)(H,5,6). The molecule has 29 heavy (non-hydrogen) atoms. The number of hydrogen-bond donors (Lipinski definition) is 2. The van der Waals surface area contributed by atoms with Crippen molar-refractivity contribution in [1.29, 1.82) is 0 Å². The lowest BCUT2D eigenvalue weighted by Crippen LogP contribution is -2.48. The van der Waals surface area contributed by atoms with Crippen molar-refractivity contribution in [3.05, 3.63) is 59.9 Å². The van der Waals surface area contributed by atoms with Gasteiger partial charge < -0.3 is 19.8 Å². The number of carbonyl (C=O) groups is 3. The van der Waals surface area contributed by atoms with Crippen LogP contribution in [0.3, 0.4) is 0 Å². The van der Waals surface area contributed by atoms with Crippen LogP contribution in [0.1, 0.15) is 16.1 Å². The number of nitrogens with zero attached hydrogens (tertiary/aromatic N) is 3. The second-order valence-electron chi connectivity index (χ2n) is 6.23. The Morgan fingerprint density at radius 3 is 2.07 bits per heavy atom. The third kappa shape index (κ3) is 6.89. The highest BCUT2D eigenvalue weighted by Gasteiger charge is 2.22. The molecule has 2 N–H and O–H groups in total. The van der Waals surface area contributed by atoms with E-state index in [1.54, 1.807) is 7.11 Å². The second-order valence-corrected chi connectivity index (χ2v) is 6.23. The molecule has 9 heteroatoms. The molecule has 0 saturated carbocycles. The van der Waals surface area contributed by atoms with Crippen molar-refractivity contribution in [2.75, 3.05) is 33.3 Å². The number of amides is 1. The predicted octanol–water partition coefficient (Wildman–Crippen LogP) is 1.20. The van der Waals surface area contributed by atoms with Crippen LogP contribution in [0, 0.1) is 0 Å². The zero-order valence-electron chi connectivity index (χ0n) is 16.0. The molecule has 2 aromatic rings. The van der Waals surface area contributed by atoms with Crippen molar-refractivity contribution in [3.63, 3.8) is 0 Å². The lowest BCUT2D eigenvalue weighted by Gasteiger charge is -2.34. The number of ether oxygens (including phenoxy) is 1. The van der Waals surface area contributed by atoms with Crippen molar-refractivity contribution < 1.29 is 29.3 Å². The van der Waals surface area contributed by atoms with Crippen LogP contribution in [0.25, 0.3) is 0 Å². The van der Waals surface area contributed by atoms with Gasteiger partial charge in [0.1, 0.15) is 5.75 Å². The fourth-order valence-electron chi connectivity index (χ4n) is 2.75. The van der Waals surface area contributed by atoms with Crippen LogP contribution in [0.15, 0.2) is 48.7 Å². The summed E-state index contributed by atoms with van der Waals surface area (Å²) in [5.41, 5.74) is 1.78. The van der Waals surface area contributed by atoms with Crippen LogP contribution < -0.4 is 4.74 Å². The van der Waals surface area contributed by atoms with Gasteiger partial charge in [0.05, 0.1) is 12.8 Å². The monoisotopic (exact) mass is 401 g/mol. The average molecular weight is 401 g/mol. The van der Waals surface area contributed by atoms with Crippen LogP contribution in [0.2, 0.25) is 0 Å². The highest BCUT2D eigenvalue weighted by atomic mass is 16.5. The Hall–Kier alpha value is -3.46. The second kappa shape index (κ2) is 10.8. The van der Waals surface area contributed by atoms with E-state index in [1.165, 1.54) is 0 Å². The summed E-state index contributed by atoms with van der Waals surface area (Å²) in [5.74, 6) is -2.79. The summed E-state index contributed by atoms with van der Waals surface area (Å²) >= 11 is 0. The zero-order chi connectivity index (χ0) is 21.2. The normalized spacial score (nSPS) is 13.8. The molecular formula is C20H23N3O6. The van der Waals surface area contributed by atoms with Crippen molar-refractivity contribution in [2.45, 2.75) is 6.54 Å². The van der Waals surface area contributed by atoms with Gasteiger partial charge in [-0.2, -0.15) is 0 Å². The lowest BCUT2D eigenvalue weighted by atomic mass is 10.1. The van der Waals surface area contributed by atoms with Gasteiger partial charge in [-0.25, -0.2) is 9.59 Å². The van der Waals surface area contributed by atoms with Gasteiger partial charge in [-0.05, 0) is 36.4 Å². The SMILES string of the molecule is COc1ccc(C(=O)N2CCN(Cc3ccccn3)CC2)cc1.O=C(O)C(=O)O. The summed E-state index contributed by atoms with van der Waals surface area (Å²) in [6.07, 6.45) is 1.82. The number of carboxylic acid groups (broad SMARTS) is 2. The maximum Gasteiger partial charge on any atom is 0.414 e. The van der Waals surface area contributed by atoms with Gasteiger partial charge in [0, 0.05) is 44.5 Å². The van der Waals surface area contributed by atoms with Gasteiger partial charge in [0.15, 0.2) is 0 Å². The lowest BCUT2D eigenvalue weighted by molar-refractivity contribution is -0.159. The van der Waals surface area contributed by atoms with E-state index in [0.717, 1.165) is 44.2 Å². The number of carboxylic acids is 2. The number of benzene rings is 1. The van der Waals surface area contributed by atoms with Crippen LogP contribution in [-0.2, 0) is 16.1 Å². The molecule has 0 bridgehead atoms. The third-order valence-corrected chi connectivity index (χ3v) is 4.29. The Morgan fingerprint density at radius 1 is 0.966 bits per heavy atom. The Labute approximate surface area is 168 Å². The van der Waals surface area contributed by atoms with Crippen LogP contribution in [-0.4, -0.2) is 76.1 Å². The molecule has 0 aliphatic carbocycles. The maximum absolute atomic E-state index is 12.5. The Bertz CT molecular complexity index is 806. The Balaban J connectivity index is 0.000000438. The topological polar surface area (TPSA) is 120 Å². The van der Waals surface area contributed by atoms with Crippen molar-refractivity contribution in [1.82, 2.24) is 14.8 Å². The van der Waals surface area contributed by atoms with Crippen LogP contribution >= 0.6 is 0 Å². The molecule has 1 aliphatic rings. The number of aliphatic carboxylic acids is 2. The fraction of sp³-hybridized carbons (Fsp3) is 0.300. The first-order chi connectivity index (χ1) is 13.9. The van der Waals surface area contributed by atoms with E-state index < -0.39 is 11.9 Å². The van der Waals surface area contributed by atoms with Gasteiger partial charge in [-0.1, -0.05) is 6.07 Å². The van der Waals surface area contributed by atoms with Gasteiger partial charge in [-0.15, -0.1) is 0 Å². The number of methoxy groups -OCH3 is 1. The summed E-state index contributed by atoms with van der Waals surface area (Å²) in [7, 11) is 1.62. The van der Waals surface area contributed by atoms with E-state index in [1.807, 2.05) is 53.6 Å². The van der Waals surface area contributed by atoms with Crippen LogP contribution in [0.5, 0.6) is 5.75 Å². The highest BCUT2D eigenvalue weighted by molar-refractivity contribution is 6.27. The minimum atomic E-state index is -1.82. The van der Waals surface area contributed by atoms with Gasteiger partial charge >= 0.3 is 11.9 Å². The molecule has 1 aromatic heterocycles. The first-order valence-corrected chi connectivity index (χ1v) is 8.92. The maximum atomic E-state index is 12.5. The number of hydrogen-bond acceptors (Lipinski definition) is 6. The van der Waals surface area contributed by atoms with E-state index in [2.05, 4.69) is 9.88 Å². The van der Waals surface area contributed by atoms with E-state index in [-0.39, 0.29) is 5.91 Å². The smallest absolute Gasteiger partial charge is 0.414 e. The number of aromatic nitrogens is 1. The molecule has 0 atom stereocenters. The van der Waals surface area contributed by atoms with Gasteiger partial charge in [0.25, 0.3) is 5.91 Å². The summed E-state index contributed by atoms with van der Waals surface area (Å²) in [5, 5.41) is 14.8. The molecule has 1 amide bonds. The highest BCUT2D eigenvalue weighted by Crippen LogP contribution is 2.15. The molecule has 1 saturated heterocycles. The minimum Gasteiger partial charge on any atom is -0.497 e. The van der Waals surface area contributed by atoms with Gasteiger partial charge in [0.2, 0.25) is 0 Å². The van der Waals surface area contributed by atoms with E-state index in [4.69, 9.17) is 24.5 Å². The zero-order valence-corrected chi connectivity index (χ0v) is 16.0. The number of piperazine rings is 1. The molecule has 0 spiro atoms. The summed E-state index contributed by atoms with van der Waals surface area (Å²) in [6.45, 7) is 4.08. The summed E-state index contributed by atoms with van der Waals surface area (Å²) < 4.78 is 5.13. The van der Waals surface area contributed by atoms with Crippen molar-refractivity contribution in [3.8, 4) is 5.75 Å². The molecular weight excluding hydrogens is 378 g/mol. The Kier molecular flexibility index (Phi) is 8.11. The number of rotatable bonds is 4. The van der Waals surface area contributed by atoms with Crippen LogP contribution in [0.4, 0.5) is 0 Å². The average Bonchev–Trinajstić information content (AvgIpc) is 2.75. The molecule has 3 rings (SSSR count). The molecule has 9 nitrogen and oxygen atoms in total. The summed E-state index contributed by atoms with van der Waals surface area (Å²) in [4.78, 5) is 39.3. The van der Waals surface area contributed by atoms with Gasteiger partial charge in [-0.3, -0.25) is 14.7 Å². The quantitative estimate of drug-likeness (QED) is 0.734. The molecule has 0 unspecified atom stereocenters. The predicted molar refractivity (Wildman–Crippen MR) is 104 cm³/mol. The molecule has 154 valence electrons. The number of pyridine rings is 1. The first kappa shape index (κ1) is 21.8. The largest absolute Gasteiger partial charge is 0.497 e. The van der Waals surface area contributed by atoms with E-state index >= 15 is 0 Å². The molecule has 0 radical (unpaired) electrons. The van der Waals surface area contributed by atoms with Crippen molar-refractivity contribution in [2.24, 2.45) is 0 Å². The van der Waals surface area contributed by atoms with Crippen molar-refractivity contribution >= 4 is 17.8 Å². The Morgan fingerprint density at radius 2 is 1.59 bits per heavy atom. The molecule has 2 heterocycles. The summed E-state index contributed by atoms with van der Waals surface area (Å²) in [6, 6.07) is 13.3. The minimum absolute atomic E-state index is 0.0881. The third-order valence-electron chi connectivity index (χ3n) is 4.29. The van der Waals surface area contributed by atoms with E-state index in [0.29, 0.717) is 5.56 Å². The molecule has 1 fully saturated rings. The molecule has 1 aliphatic heterocycles. The number of carbonyl (C=O) groups excluding carboxylic acids is 1. The van der Waals surface area contributed by atoms with E-state index in [9.17, 15) is 4.79 Å². The first-order valence-electron chi connectivity index (χ1n) is 8.92. The fourth-order valence-corrected chi connectivity index (χ4v) is 2.75.